The van der Waals surface area contributed by atoms with E-state index in [1.807, 2.05) is 6.26 Å². The minimum absolute atomic E-state index is 0.138. The standard InChI is InChI=1S/C9H16N2O5S/c1-17-5-4-10-9(16)11-6(8(14)15)2-3-7(12)13/h6H,2-5H2,1H3,(H,12,13)(H,14,15)(H2,10,11,16)/t6-/m0/s1. The van der Waals surface area contributed by atoms with Gasteiger partial charge in [0.15, 0.2) is 0 Å². The van der Waals surface area contributed by atoms with Gasteiger partial charge in [0.25, 0.3) is 0 Å². The lowest BCUT2D eigenvalue weighted by Gasteiger charge is -2.13. The van der Waals surface area contributed by atoms with Crippen LogP contribution in [0.15, 0.2) is 0 Å². The van der Waals surface area contributed by atoms with Gasteiger partial charge in [-0.1, -0.05) is 0 Å². The van der Waals surface area contributed by atoms with Crippen LogP contribution in [0.3, 0.4) is 0 Å². The molecule has 0 rings (SSSR count). The maximum Gasteiger partial charge on any atom is 0.326 e. The third-order valence-electron chi connectivity index (χ3n) is 1.84. The number of nitrogens with one attached hydrogen (secondary N) is 2. The molecule has 0 spiro atoms. The van der Waals surface area contributed by atoms with Gasteiger partial charge in [0.05, 0.1) is 0 Å². The Kier molecular flexibility index (Phi) is 7.95. The van der Waals surface area contributed by atoms with Crippen LogP contribution in [0.1, 0.15) is 12.8 Å². The fraction of sp³-hybridized carbons (Fsp3) is 0.667. The number of rotatable bonds is 8. The molecule has 17 heavy (non-hydrogen) atoms. The molecule has 0 aliphatic heterocycles. The SMILES string of the molecule is CSCCNC(=O)N[C@@H](CCC(=O)O)C(=O)O. The summed E-state index contributed by atoms with van der Waals surface area (Å²) in [5.41, 5.74) is 0. The zero-order valence-corrected chi connectivity index (χ0v) is 10.2. The highest BCUT2D eigenvalue weighted by Gasteiger charge is 2.20. The van der Waals surface area contributed by atoms with Gasteiger partial charge in [-0.2, -0.15) is 11.8 Å². The van der Waals surface area contributed by atoms with Crippen molar-refractivity contribution in [3.8, 4) is 0 Å². The van der Waals surface area contributed by atoms with Gasteiger partial charge < -0.3 is 20.8 Å². The molecule has 0 saturated carbocycles. The van der Waals surface area contributed by atoms with E-state index < -0.39 is 24.0 Å². The molecule has 98 valence electrons. The van der Waals surface area contributed by atoms with Crippen LogP contribution < -0.4 is 10.6 Å². The van der Waals surface area contributed by atoms with E-state index in [9.17, 15) is 14.4 Å². The molecular weight excluding hydrogens is 248 g/mol. The zero-order valence-electron chi connectivity index (χ0n) is 9.43. The molecule has 0 heterocycles. The first-order chi connectivity index (χ1) is 7.97. The van der Waals surface area contributed by atoms with Crippen LogP contribution in [0, 0.1) is 0 Å². The smallest absolute Gasteiger partial charge is 0.326 e. The van der Waals surface area contributed by atoms with Crippen molar-refractivity contribution in [2.75, 3.05) is 18.6 Å². The number of carbonyl (C=O) groups is 3. The molecule has 2 amide bonds. The minimum atomic E-state index is -1.24. The van der Waals surface area contributed by atoms with E-state index in [1.165, 1.54) is 0 Å². The van der Waals surface area contributed by atoms with Crippen LogP contribution in [0.5, 0.6) is 0 Å². The number of urea groups is 1. The van der Waals surface area contributed by atoms with Crippen molar-refractivity contribution in [3.63, 3.8) is 0 Å². The van der Waals surface area contributed by atoms with Crippen LogP contribution in [-0.4, -0.2) is 52.8 Å². The number of thioether (sulfide) groups is 1. The maximum absolute atomic E-state index is 11.2. The summed E-state index contributed by atoms with van der Waals surface area (Å²) in [6.45, 7) is 0.429. The minimum Gasteiger partial charge on any atom is -0.481 e. The third-order valence-corrected chi connectivity index (χ3v) is 2.45. The van der Waals surface area contributed by atoms with E-state index >= 15 is 0 Å². The summed E-state index contributed by atoms with van der Waals surface area (Å²) in [6, 6.07) is -1.78. The fourth-order valence-electron chi connectivity index (χ4n) is 1.00. The molecule has 0 aromatic heterocycles. The monoisotopic (exact) mass is 264 g/mol. The maximum atomic E-state index is 11.2. The van der Waals surface area contributed by atoms with Crippen molar-refractivity contribution in [1.29, 1.82) is 0 Å². The number of hydrogen-bond acceptors (Lipinski definition) is 4. The number of amides is 2. The molecule has 0 aliphatic carbocycles. The Morgan fingerprint density at radius 1 is 1.29 bits per heavy atom. The van der Waals surface area contributed by atoms with E-state index in [1.54, 1.807) is 11.8 Å². The second-order valence-electron chi connectivity index (χ2n) is 3.22. The van der Waals surface area contributed by atoms with Gasteiger partial charge >= 0.3 is 18.0 Å². The normalized spacial score (nSPS) is 11.6. The summed E-state index contributed by atoms with van der Waals surface area (Å²) in [4.78, 5) is 32.3. The molecule has 0 saturated heterocycles. The highest BCUT2D eigenvalue weighted by Crippen LogP contribution is 1.98. The third kappa shape index (κ3) is 8.38. The number of carboxylic acid groups (broad SMARTS) is 2. The Balaban J connectivity index is 4.02. The fourth-order valence-corrected chi connectivity index (χ4v) is 1.31. The summed E-state index contributed by atoms with van der Waals surface area (Å²) in [7, 11) is 0. The van der Waals surface area contributed by atoms with Crippen LogP contribution in [0.4, 0.5) is 4.79 Å². The van der Waals surface area contributed by atoms with E-state index in [4.69, 9.17) is 10.2 Å². The highest BCUT2D eigenvalue weighted by atomic mass is 32.2. The Labute approximate surface area is 103 Å². The molecule has 0 bridgehead atoms. The average molecular weight is 264 g/mol. The first kappa shape index (κ1) is 15.6. The lowest BCUT2D eigenvalue weighted by atomic mass is 10.1. The van der Waals surface area contributed by atoms with Gasteiger partial charge in [-0.3, -0.25) is 4.79 Å². The Bertz CT molecular complexity index is 285. The van der Waals surface area contributed by atoms with Crippen molar-refractivity contribution >= 4 is 29.7 Å². The number of aliphatic carboxylic acids is 2. The summed E-state index contributed by atoms with van der Waals surface area (Å²) in [5.74, 6) is -1.62. The first-order valence-electron chi connectivity index (χ1n) is 4.95. The van der Waals surface area contributed by atoms with Gasteiger partial charge in [0.2, 0.25) is 0 Å². The summed E-state index contributed by atoms with van der Waals surface area (Å²) < 4.78 is 0. The first-order valence-corrected chi connectivity index (χ1v) is 6.34. The highest BCUT2D eigenvalue weighted by molar-refractivity contribution is 7.98. The molecule has 0 aromatic rings. The molecule has 0 unspecified atom stereocenters. The van der Waals surface area contributed by atoms with Gasteiger partial charge in [0, 0.05) is 18.7 Å². The summed E-state index contributed by atoms with van der Waals surface area (Å²) in [5, 5.41) is 21.9. The second-order valence-corrected chi connectivity index (χ2v) is 4.20. The molecule has 0 fully saturated rings. The van der Waals surface area contributed by atoms with E-state index in [2.05, 4.69) is 10.6 Å². The summed E-state index contributed by atoms with van der Waals surface area (Å²) >= 11 is 1.55. The number of carboxylic acids is 2. The van der Waals surface area contributed by atoms with E-state index in [0.717, 1.165) is 5.75 Å². The van der Waals surface area contributed by atoms with Crippen molar-refractivity contribution in [2.45, 2.75) is 18.9 Å². The molecule has 8 heteroatoms. The quantitative estimate of drug-likeness (QED) is 0.457. The number of hydrogen-bond donors (Lipinski definition) is 4. The van der Waals surface area contributed by atoms with Crippen LogP contribution in [0.2, 0.25) is 0 Å². The zero-order chi connectivity index (χ0) is 13.3. The lowest BCUT2D eigenvalue weighted by molar-refractivity contribution is -0.140. The van der Waals surface area contributed by atoms with E-state index in [0.29, 0.717) is 6.54 Å². The van der Waals surface area contributed by atoms with E-state index in [-0.39, 0.29) is 12.8 Å². The van der Waals surface area contributed by atoms with Gasteiger partial charge in [-0.15, -0.1) is 0 Å². The van der Waals surface area contributed by atoms with Crippen LogP contribution >= 0.6 is 11.8 Å². The Hall–Kier alpha value is -1.44. The van der Waals surface area contributed by atoms with Gasteiger partial charge in [-0.25, -0.2) is 9.59 Å². The topological polar surface area (TPSA) is 116 Å². The molecule has 0 aromatic carbocycles. The van der Waals surface area contributed by atoms with Gasteiger partial charge in [0.1, 0.15) is 6.04 Å². The van der Waals surface area contributed by atoms with Crippen LogP contribution in [0.25, 0.3) is 0 Å². The molecule has 7 nitrogen and oxygen atoms in total. The average Bonchev–Trinajstić information content (AvgIpc) is 2.23. The Morgan fingerprint density at radius 3 is 2.41 bits per heavy atom. The molecule has 1 atom stereocenters. The lowest BCUT2D eigenvalue weighted by Crippen LogP contribution is -2.46. The number of carbonyl (C=O) groups excluding carboxylic acids is 1. The predicted molar refractivity (Wildman–Crippen MR) is 63.2 cm³/mol. The van der Waals surface area contributed by atoms with Gasteiger partial charge in [-0.05, 0) is 12.7 Å². The Morgan fingerprint density at radius 2 is 1.94 bits per heavy atom. The van der Waals surface area contributed by atoms with Crippen molar-refractivity contribution in [2.24, 2.45) is 0 Å². The largest absolute Gasteiger partial charge is 0.481 e. The van der Waals surface area contributed by atoms with Crippen molar-refractivity contribution < 1.29 is 24.6 Å². The molecular formula is C9H16N2O5S. The van der Waals surface area contributed by atoms with Crippen molar-refractivity contribution in [1.82, 2.24) is 10.6 Å². The van der Waals surface area contributed by atoms with Crippen LogP contribution in [-0.2, 0) is 9.59 Å². The summed E-state index contributed by atoms with van der Waals surface area (Å²) in [6.07, 6.45) is 1.44. The second kappa shape index (κ2) is 8.68. The molecule has 0 radical (unpaired) electrons. The molecule has 4 N–H and O–H groups in total. The predicted octanol–water partition coefficient (Wildman–Crippen LogP) is -0.0334. The molecule has 0 aliphatic rings. The van der Waals surface area contributed by atoms with Crippen molar-refractivity contribution in [3.05, 3.63) is 0 Å².